The number of benzene rings is 3. The van der Waals surface area contributed by atoms with Gasteiger partial charge in [0.1, 0.15) is 23.9 Å². The molecule has 1 unspecified atom stereocenters. The molecule has 1 aliphatic carbocycles. The number of halogens is 1. The number of ether oxygens (including phenoxy) is 3. The van der Waals surface area contributed by atoms with E-state index in [0.717, 1.165) is 33.8 Å². The second kappa shape index (κ2) is 13.2. The minimum absolute atomic E-state index is 0.135. The van der Waals surface area contributed by atoms with Crippen LogP contribution in [0.1, 0.15) is 63.5 Å². The van der Waals surface area contributed by atoms with Crippen LogP contribution in [-0.4, -0.2) is 24.9 Å². The number of hydrogen-bond acceptors (Lipinski definition) is 5. The monoisotopic (exact) mass is 536 g/mol. The molecule has 0 bridgehead atoms. The van der Waals surface area contributed by atoms with Gasteiger partial charge in [0.25, 0.3) is 0 Å². The zero-order valence-corrected chi connectivity index (χ0v) is 23.5. The van der Waals surface area contributed by atoms with Crippen LogP contribution in [0.3, 0.4) is 0 Å². The molecule has 1 aliphatic rings. The lowest BCUT2D eigenvalue weighted by Crippen LogP contribution is -2.11. The zero-order chi connectivity index (χ0) is 27.1. The van der Waals surface area contributed by atoms with Crippen molar-refractivity contribution in [2.24, 2.45) is 5.92 Å². The van der Waals surface area contributed by atoms with E-state index in [9.17, 15) is 9.18 Å². The van der Waals surface area contributed by atoms with Crippen molar-refractivity contribution in [1.82, 2.24) is 0 Å². The Balaban J connectivity index is 1.52. The van der Waals surface area contributed by atoms with Gasteiger partial charge in [-0.15, -0.1) is 11.8 Å². The van der Waals surface area contributed by atoms with Crippen molar-refractivity contribution in [3.8, 4) is 22.6 Å². The van der Waals surface area contributed by atoms with Gasteiger partial charge in [-0.3, -0.25) is 4.79 Å². The van der Waals surface area contributed by atoms with E-state index in [1.807, 2.05) is 31.2 Å². The Kier molecular flexibility index (Phi) is 9.73. The predicted octanol–water partition coefficient (Wildman–Crippen LogP) is 8.42. The number of methoxy groups -OCH3 is 1. The first-order chi connectivity index (χ1) is 18.4. The highest BCUT2D eigenvalue weighted by molar-refractivity contribution is 8.00. The van der Waals surface area contributed by atoms with Crippen molar-refractivity contribution >= 4 is 17.7 Å². The summed E-state index contributed by atoms with van der Waals surface area (Å²) >= 11 is 1.70. The van der Waals surface area contributed by atoms with Crippen LogP contribution >= 0.6 is 11.8 Å². The fourth-order valence-corrected chi connectivity index (χ4v) is 5.64. The SMILES string of the molecule is CCOC(=O)CC(CC1CC1)c1cccc(OCc2ccc(-c3cc(OC)ccc3F)c(SC(C)C)c2)c1. The van der Waals surface area contributed by atoms with E-state index in [1.165, 1.54) is 18.9 Å². The highest BCUT2D eigenvalue weighted by atomic mass is 32.2. The van der Waals surface area contributed by atoms with Crippen molar-refractivity contribution in [3.05, 3.63) is 77.6 Å². The van der Waals surface area contributed by atoms with Gasteiger partial charge in [-0.25, -0.2) is 4.39 Å². The second-order valence-corrected chi connectivity index (χ2v) is 11.7. The molecule has 3 aromatic rings. The van der Waals surface area contributed by atoms with Gasteiger partial charge in [0, 0.05) is 15.7 Å². The molecule has 202 valence electrons. The van der Waals surface area contributed by atoms with E-state index < -0.39 is 0 Å². The Bertz CT molecular complexity index is 1240. The molecule has 0 aromatic heterocycles. The highest BCUT2D eigenvalue weighted by Gasteiger charge is 2.28. The van der Waals surface area contributed by atoms with Crippen molar-refractivity contribution < 1.29 is 23.4 Å². The van der Waals surface area contributed by atoms with E-state index >= 15 is 0 Å². The molecule has 0 heterocycles. The fraction of sp³-hybridized carbons (Fsp3) is 0.406. The lowest BCUT2D eigenvalue weighted by molar-refractivity contribution is -0.143. The summed E-state index contributed by atoms with van der Waals surface area (Å²) in [6.07, 6.45) is 3.87. The molecule has 6 heteroatoms. The lowest BCUT2D eigenvalue weighted by atomic mass is 9.90. The number of carbonyl (C=O) groups is 1. The lowest BCUT2D eigenvalue weighted by Gasteiger charge is -2.18. The summed E-state index contributed by atoms with van der Waals surface area (Å²) in [4.78, 5) is 13.2. The van der Waals surface area contributed by atoms with Gasteiger partial charge >= 0.3 is 5.97 Å². The fourth-order valence-electron chi connectivity index (χ4n) is 4.61. The summed E-state index contributed by atoms with van der Waals surface area (Å²) < 4.78 is 31.5. The van der Waals surface area contributed by atoms with Crippen LogP contribution in [-0.2, 0) is 16.1 Å². The first-order valence-electron chi connectivity index (χ1n) is 13.4. The molecule has 4 rings (SSSR count). The van der Waals surface area contributed by atoms with Crippen LogP contribution in [0.25, 0.3) is 11.1 Å². The Morgan fingerprint density at radius 1 is 1.03 bits per heavy atom. The van der Waals surface area contributed by atoms with Crippen molar-refractivity contribution in [2.45, 2.75) is 69.1 Å². The predicted molar refractivity (Wildman–Crippen MR) is 151 cm³/mol. The smallest absolute Gasteiger partial charge is 0.306 e. The minimum Gasteiger partial charge on any atom is -0.497 e. The summed E-state index contributed by atoms with van der Waals surface area (Å²) in [7, 11) is 1.58. The molecule has 1 fully saturated rings. The third kappa shape index (κ3) is 7.76. The van der Waals surface area contributed by atoms with Crippen LogP contribution in [0.2, 0.25) is 0 Å². The van der Waals surface area contributed by atoms with E-state index in [4.69, 9.17) is 14.2 Å². The van der Waals surface area contributed by atoms with Crippen molar-refractivity contribution in [2.75, 3.05) is 13.7 Å². The van der Waals surface area contributed by atoms with Gasteiger partial charge in [0.2, 0.25) is 0 Å². The molecular weight excluding hydrogens is 499 g/mol. The van der Waals surface area contributed by atoms with Crippen LogP contribution in [0.4, 0.5) is 4.39 Å². The van der Waals surface area contributed by atoms with Gasteiger partial charge in [-0.2, -0.15) is 0 Å². The Labute approximate surface area is 229 Å². The first-order valence-corrected chi connectivity index (χ1v) is 14.3. The molecule has 0 N–H and O–H groups in total. The molecule has 1 atom stereocenters. The average molecular weight is 537 g/mol. The molecule has 1 saturated carbocycles. The van der Waals surface area contributed by atoms with E-state index in [1.54, 1.807) is 31.0 Å². The summed E-state index contributed by atoms with van der Waals surface area (Å²) in [6.45, 7) is 6.88. The number of rotatable bonds is 13. The normalized spacial score (nSPS) is 13.8. The average Bonchev–Trinajstić information content (AvgIpc) is 3.72. The van der Waals surface area contributed by atoms with Gasteiger partial charge in [-0.05, 0) is 78.3 Å². The quantitative estimate of drug-likeness (QED) is 0.162. The Hall–Kier alpha value is -2.99. The number of carbonyl (C=O) groups excluding carboxylic acids is 1. The maximum absolute atomic E-state index is 14.8. The van der Waals surface area contributed by atoms with Gasteiger partial charge in [-0.1, -0.05) is 51.0 Å². The zero-order valence-electron chi connectivity index (χ0n) is 22.7. The van der Waals surface area contributed by atoms with Crippen molar-refractivity contribution in [1.29, 1.82) is 0 Å². The summed E-state index contributed by atoms with van der Waals surface area (Å²) in [6, 6.07) is 18.9. The molecule has 4 nitrogen and oxygen atoms in total. The molecule has 0 radical (unpaired) electrons. The second-order valence-electron chi connectivity index (χ2n) is 10.1. The van der Waals surface area contributed by atoms with Crippen molar-refractivity contribution in [3.63, 3.8) is 0 Å². The standard InChI is InChI=1S/C32H37FO4S/c1-5-36-32(34)18-25(15-22-9-10-22)24-7-6-8-27(17-24)37-20-23-11-13-28(31(16-23)38-21(2)3)29-19-26(35-4)12-14-30(29)33/h6-8,11-14,16-17,19,21-22,25H,5,9-10,15,18,20H2,1-4H3. The molecule has 0 amide bonds. The van der Waals surface area contributed by atoms with Crippen LogP contribution < -0.4 is 9.47 Å². The van der Waals surface area contributed by atoms with Gasteiger partial charge in [0.15, 0.2) is 0 Å². The molecule has 0 spiro atoms. The summed E-state index contributed by atoms with van der Waals surface area (Å²) in [5.74, 6) is 1.80. The Morgan fingerprint density at radius 2 is 1.84 bits per heavy atom. The third-order valence-corrected chi connectivity index (χ3v) is 7.70. The maximum Gasteiger partial charge on any atom is 0.306 e. The number of hydrogen-bond donors (Lipinski definition) is 0. The molecule has 0 saturated heterocycles. The van der Waals surface area contributed by atoms with Crippen LogP contribution in [0.15, 0.2) is 65.6 Å². The largest absolute Gasteiger partial charge is 0.497 e. The maximum atomic E-state index is 14.8. The van der Waals surface area contributed by atoms with Crippen LogP contribution in [0.5, 0.6) is 11.5 Å². The Morgan fingerprint density at radius 3 is 2.55 bits per heavy atom. The molecule has 38 heavy (non-hydrogen) atoms. The van der Waals surface area contributed by atoms with Crippen LogP contribution in [0, 0.1) is 11.7 Å². The minimum atomic E-state index is -0.277. The molecular formula is C32H37FO4S. The molecule has 0 aliphatic heterocycles. The van der Waals surface area contributed by atoms with Gasteiger partial charge < -0.3 is 14.2 Å². The summed E-state index contributed by atoms with van der Waals surface area (Å²) in [5, 5.41) is 0.332. The van der Waals surface area contributed by atoms with Gasteiger partial charge in [0.05, 0.1) is 20.1 Å². The molecule has 3 aromatic carbocycles. The third-order valence-electron chi connectivity index (χ3n) is 6.64. The van der Waals surface area contributed by atoms with E-state index in [2.05, 4.69) is 32.0 Å². The number of esters is 1. The topological polar surface area (TPSA) is 44.8 Å². The van der Waals surface area contributed by atoms with E-state index in [-0.39, 0.29) is 17.7 Å². The number of thioether (sulfide) groups is 1. The highest BCUT2D eigenvalue weighted by Crippen LogP contribution is 2.41. The summed E-state index contributed by atoms with van der Waals surface area (Å²) in [5.41, 5.74) is 3.48. The first kappa shape index (κ1) is 28.0. The van der Waals surface area contributed by atoms with E-state index in [0.29, 0.717) is 42.1 Å².